The Hall–Kier alpha value is -3.22. The molecule has 0 aliphatic rings. The molecule has 7 nitrogen and oxygen atoms in total. The normalized spacial score (nSPS) is 11.5. The van der Waals surface area contributed by atoms with Crippen LogP contribution in [0.5, 0.6) is 0 Å². The fraction of sp³-hybridized carbons (Fsp3) is 0.0556. The van der Waals surface area contributed by atoms with Crippen molar-refractivity contribution in [3.63, 3.8) is 0 Å². The average Bonchev–Trinajstić information content (AvgIpc) is 3.36. The Morgan fingerprint density at radius 3 is 2.93 bits per heavy atom. The lowest BCUT2D eigenvalue weighted by molar-refractivity contribution is 0.944. The molecular formula is C18H13N7S2. The number of hydrogen-bond donors (Lipinski definition) is 1. The van der Waals surface area contributed by atoms with Gasteiger partial charge in [-0.25, -0.2) is 4.99 Å². The van der Waals surface area contributed by atoms with Crippen molar-refractivity contribution in [2.24, 2.45) is 4.99 Å². The highest BCUT2D eigenvalue weighted by atomic mass is 32.2. The molecular weight excluding hydrogens is 378 g/mol. The minimum atomic E-state index is 0.539. The third-order valence-corrected chi connectivity index (χ3v) is 5.18. The van der Waals surface area contributed by atoms with Crippen LogP contribution < -0.4 is 5.32 Å². The van der Waals surface area contributed by atoms with Crippen molar-refractivity contribution in [3.05, 3.63) is 53.9 Å². The molecule has 132 valence electrons. The predicted octanol–water partition coefficient (Wildman–Crippen LogP) is 3.94. The van der Waals surface area contributed by atoms with Gasteiger partial charge in [0.2, 0.25) is 0 Å². The Morgan fingerprint density at radius 1 is 1.22 bits per heavy atom. The third-order valence-electron chi connectivity index (χ3n) is 3.73. The Balaban J connectivity index is 1.76. The summed E-state index contributed by atoms with van der Waals surface area (Å²) in [4.78, 5) is 5.46. The first kappa shape index (κ1) is 17.2. The summed E-state index contributed by atoms with van der Waals surface area (Å²) in [5.41, 5.74) is 3.14. The summed E-state index contributed by atoms with van der Waals surface area (Å²) < 4.78 is 1.75. The quantitative estimate of drug-likeness (QED) is 0.246. The van der Waals surface area contributed by atoms with E-state index in [0.29, 0.717) is 10.8 Å². The van der Waals surface area contributed by atoms with Gasteiger partial charge in [0.05, 0.1) is 16.3 Å². The van der Waals surface area contributed by atoms with Gasteiger partial charge in [0, 0.05) is 5.56 Å². The van der Waals surface area contributed by atoms with Crippen LogP contribution in [0.3, 0.4) is 0 Å². The van der Waals surface area contributed by atoms with Gasteiger partial charge in [-0.2, -0.15) is 14.9 Å². The molecule has 0 unspecified atom stereocenters. The van der Waals surface area contributed by atoms with Crippen molar-refractivity contribution in [1.29, 1.82) is 5.26 Å². The van der Waals surface area contributed by atoms with Crippen molar-refractivity contribution in [3.8, 4) is 28.2 Å². The van der Waals surface area contributed by atoms with Crippen LogP contribution in [0.2, 0.25) is 0 Å². The van der Waals surface area contributed by atoms with Crippen molar-refractivity contribution in [1.82, 2.24) is 25.1 Å². The first-order valence-corrected chi connectivity index (χ1v) is 10.0. The summed E-state index contributed by atoms with van der Waals surface area (Å²) in [6, 6.07) is 15.5. The molecule has 0 fully saturated rings. The average molecular weight is 391 g/mol. The summed E-state index contributed by atoms with van der Waals surface area (Å²) in [6.45, 7) is 0. The largest absolute Gasteiger partial charge is 0.271 e. The highest BCUT2D eigenvalue weighted by molar-refractivity contribution is 8.13. The second-order valence-corrected chi connectivity index (χ2v) is 7.14. The van der Waals surface area contributed by atoms with Gasteiger partial charge in [0.1, 0.15) is 0 Å². The molecule has 0 amide bonds. The van der Waals surface area contributed by atoms with Gasteiger partial charge >= 0.3 is 0 Å². The van der Waals surface area contributed by atoms with Crippen molar-refractivity contribution >= 4 is 39.6 Å². The van der Waals surface area contributed by atoms with E-state index in [9.17, 15) is 0 Å². The van der Waals surface area contributed by atoms with E-state index < -0.39 is 0 Å². The fourth-order valence-corrected chi connectivity index (χ4v) is 3.56. The molecule has 0 radical (unpaired) electrons. The maximum absolute atomic E-state index is 8.78. The van der Waals surface area contributed by atoms with Gasteiger partial charge in [0.15, 0.2) is 22.8 Å². The Morgan fingerprint density at radius 2 is 2.15 bits per heavy atom. The summed E-state index contributed by atoms with van der Waals surface area (Å²) in [5, 5.41) is 27.1. The first-order chi connectivity index (χ1) is 13.3. The third kappa shape index (κ3) is 3.53. The molecule has 0 saturated carbocycles. The minimum absolute atomic E-state index is 0.539. The molecule has 9 heteroatoms. The lowest BCUT2D eigenvalue weighted by Crippen LogP contribution is -2.12. The molecule has 0 bridgehead atoms. The molecule has 1 N–H and O–H groups in total. The molecule has 3 aromatic heterocycles. The van der Waals surface area contributed by atoms with E-state index in [1.807, 2.05) is 66.4 Å². The summed E-state index contributed by atoms with van der Waals surface area (Å²) in [5.74, 6) is 0.721. The Kier molecular flexibility index (Phi) is 4.82. The number of thiophene rings is 1. The van der Waals surface area contributed by atoms with Gasteiger partial charge in [-0.15, -0.1) is 21.5 Å². The monoisotopic (exact) mass is 391 g/mol. The van der Waals surface area contributed by atoms with E-state index in [1.54, 1.807) is 15.9 Å². The number of hydrogen-bond acceptors (Lipinski definition) is 7. The zero-order valence-electron chi connectivity index (χ0n) is 14.2. The molecule has 0 spiro atoms. The molecule has 4 aromatic rings. The molecule has 0 saturated heterocycles. The molecule has 27 heavy (non-hydrogen) atoms. The topological polar surface area (TPSA) is 91.3 Å². The zero-order valence-corrected chi connectivity index (χ0v) is 15.8. The molecule has 0 atom stereocenters. The van der Waals surface area contributed by atoms with E-state index in [-0.39, 0.29) is 0 Å². The summed E-state index contributed by atoms with van der Waals surface area (Å²) in [6.07, 6.45) is 3.75. The predicted molar refractivity (Wildman–Crippen MR) is 109 cm³/mol. The highest BCUT2D eigenvalue weighted by Gasteiger charge is 2.11. The number of aromatic nitrogens is 4. The molecule has 0 aliphatic heterocycles. The maximum atomic E-state index is 8.78. The van der Waals surface area contributed by atoms with E-state index >= 15 is 0 Å². The number of nitrogens with one attached hydrogen (secondary N) is 1. The first-order valence-electron chi connectivity index (χ1n) is 7.93. The van der Waals surface area contributed by atoms with Crippen LogP contribution in [-0.4, -0.2) is 31.2 Å². The number of nitrogens with zero attached hydrogens (tertiary/aromatic N) is 6. The maximum Gasteiger partial charge on any atom is 0.195 e. The van der Waals surface area contributed by atoms with Crippen molar-refractivity contribution in [2.75, 3.05) is 6.26 Å². The van der Waals surface area contributed by atoms with E-state index in [4.69, 9.17) is 10.4 Å². The van der Waals surface area contributed by atoms with Gasteiger partial charge in [0.25, 0.3) is 0 Å². The van der Waals surface area contributed by atoms with Gasteiger partial charge < -0.3 is 0 Å². The van der Waals surface area contributed by atoms with Crippen molar-refractivity contribution < 1.29 is 0 Å². The fourth-order valence-electron chi connectivity index (χ4n) is 2.53. The summed E-state index contributed by atoms with van der Waals surface area (Å²) >= 11 is 2.97. The van der Waals surface area contributed by atoms with E-state index in [0.717, 1.165) is 27.6 Å². The number of amidine groups is 1. The zero-order chi connectivity index (χ0) is 18.6. The van der Waals surface area contributed by atoms with Crippen LogP contribution in [0.4, 0.5) is 5.69 Å². The van der Waals surface area contributed by atoms with Gasteiger partial charge in [-0.1, -0.05) is 30.0 Å². The van der Waals surface area contributed by atoms with Crippen LogP contribution in [0, 0.1) is 11.5 Å². The number of aliphatic imine (C=N–C) groups is 1. The Bertz CT molecular complexity index is 1160. The lowest BCUT2D eigenvalue weighted by atomic mass is 10.1. The van der Waals surface area contributed by atoms with Gasteiger partial charge in [-0.05, 0) is 42.0 Å². The number of thioether (sulfide) groups is 1. The number of nitriles is 1. The van der Waals surface area contributed by atoms with Crippen LogP contribution in [0.25, 0.3) is 27.6 Å². The van der Waals surface area contributed by atoms with Crippen molar-refractivity contribution in [2.45, 2.75) is 0 Å². The summed E-state index contributed by atoms with van der Waals surface area (Å²) in [7, 11) is 0. The SMILES string of the molecule is CSC(=Nc1cccc(-c2ccc3nnc(-c4cccs4)n3n2)c1)NC#N. The second-order valence-electron chi connectivity index (χ2n) is 5.40. The number of benzene rings is 1. The molecule has 1 aromatic carbocycles. The lowest BCUT2D eigenvalue weighted by Gasteiger charge is -2.05. The van der Waals surface area contributed by atoms with E-state index in [2.05, 4.69) is 20.5 Å². The van der Waals surface area contributed by atoms with Gasteiger partial charge in [-0.3, -0.25) is 5.32 Å². The Labute approximate surface area is 163 Å². The molecule has 4 rings (SSSR count). The standard InChI is InChI=1S/C18H13N7S2/c1-26-18(20-11-19)21-13-5-2-4-12(10-13)14-7-8-16-22-23-17(25(16)24-14)15-6-3-9-27-15/h2-10H,1H3,(H,20,21). The van der Waals surface area contributed by atoms with Crippen LogP contribution in [-0.2, 0) is 0 Å². The molecule has 0 aliphatic carbocycles. The number of rotatable bonds is 3. The highest BCUT2D eigenvalue weighted by Crippen LogP contribution is 2.26. The second kappa shape index (κ2) is 7.57. The van der Waals surface area contributed by atoms with E-state index in [1.165, 1.54) is 11.8 Å². The number of fused-ring (bicyclic) bond motifs is 1. The minimum Gasteiger partial charge on any atom is -0.271 e. The molecule has 3 heterocycles. The van der Waals surface area contributed by atoms with Crippen LogP contribution in [0.1, 0.15) is 0 Å². The van der Waals surface area contributed by atoms with Crippen LogP contribution in [0.15, 0.2) is 58.9 Å². The van der Waals surface area contributed by atoms with Crippen LogP contribution >= 0.6 is 23.1 Å². The smallest absolute Gasteiger partial charge is 0.195 e.